The van der Waals surface area contributed by atoms with Gasteiger partial charge in [0.05, 0.1) is 23.9 Å². The Hall–Kier alpha value is -2.42. The lowest BCUT2D eigenvalue weighted by Gasteiger charge is -2.28. The van der Waals surface area contributed by atoms with Crippen LogP contribution in [0, 0.1) is 6.92 Å². The number of halogens is 1. The SMILES string of the molecule is Cc1cccc(-n2c(SCc3cc(Cl)c4c(c3)OCO4)nnc2N2CCOCC2)c1. The number of fused-ring (bicyclic) bond motifs is 1. The molecular weight excluding hydrogens is 424 g/mol. The summed E-state index contributed by atoms with van der Waals surface area (Å²) in [5.41, 5.74) is 3.28. The van der Waals surface area contributed by atoms with E-state index < -0.39 is 0 Å². The molecule has 7 nitrogen and oxygen atoms in total. The van der Waals surface area contributed by atoms with Gasteiger partial charge in [-0.05, 0) is 42.3 Å². The first-order valence-electron chi connectivity index (χ1n) is 9.75. The normalized spacial score (nSPS) is 15.6. The monoisotopic (exact) mass is 444 g/mol. The fourth-order valence-corrected chi connectivity index (χ4v) is 4.73. The van der Waals surface area contributed by atoms with Gasteiger partial charge in [-0.25, -0.2) is 0 Å². The first kappa shape index (κ1) is 19.5. The van der Waals surface area contributed by atoms with Crippen molar-refractivity contribution in [3.05, 3.63) is 52.5 Å². The minimum Gasteiger partial charge on any atom is -0.454 e. The van der Waals surface area contributed by atoms with E-state index in [1.807, 2.05) is 12.1 Å². The van der Waals surface area contributed by atoms with Crippen LogP contribution in [0.1, 0.15) is 11.1 Å². The van der Waals surface area contributed by atoms with Gasteiger partial charge in [0.2, 0.25) is 12.7 Å². The van der Waals surface area contributed by atoms with Gasteiger partial charge in [-0.15, -0.1) is 10.2 Å². The number of ether oxygens (including phenoxy) is 3. The zero-order valence-corrected chi connectivity index (χ0v) is 18.1. The van der Waals surface area contributed by atoms with E-state index in [4.69, 9.17) is 25.8 Å². The molecule has 0 unspecified atom stereocenters. The quantitative estimate of drug-likeness (QED) is 0.549. The molecule has 0 spiro atoms. The summed E-state index contributed by atoms with van der Waals surface area (Å²) in [5.74, 6) is 2.83. The molecule has 3 aromatic rings. The van der Waals surface area contributed by atoms with E-state index in [9.17, 15) is 0 Å². The summed E-state index contributed by atoms with van der Waals surface area (Å²) >= 11 is 7.96. The summed E-state index contributed by atoms with van der Waals surface area (Å²) in [5, 5.41) is 10.4. The Balaban J connectivity index is 1.46. The molecule has 2 aliphatic heterocycles. The van der Waals surface area contributed by atoms with E-state index in [0.717, 1.165) is 35.4 Å². The van der Waals surface area contributed by atoms with Crippen molar-refractivity contribution in [2.45, 2.75) is 17.8 Å². The van der Waals surface area contributed by atoms with Gasteiger partial charge in [0.25, 0.3) is 0 Å². The zero-order chi connectivity index (χ0) is 20.5. The Morgan fingerprint density at radius 2 is 1.97 bits per heavy atom. The zero-order valence-electron chi connectivity index (χ0n) is 16.5. The molecular formula is C21H21ClN4O3S. The summed E-state index contributed by atoms with van der Waals surface area (Å²) in [6, 6.07) is 12.3. The second-order valence-electron chi connectivity index (χ2n) is 7.16. The Bertz CT molecular complexity index is 1070. The van der Waals surface area contributed by atoms with Crippen LogP contribution in [0.2, 0.25) is 5.02 Å². The number of morpholine rings is 1. The number of rotatable bonds is 5. The maximum absolute atomic E-state index is 6.34. The average molecular weight is 445 g/mol. The largest absolute Gasteiger partial charge is 0.454 e. The molecule has 1 aromatic heterocycles. The molecule has 156 valence electrons. The van der Waals surface area contributed by atoms with Crippen molar-refractivity contribution in [3.8, 4) is 17.2 Å². The van der Waals surface area contributed by atoms with E-state index in [1.165, 1.54) is 5.56 Å². The predicted molar refractivity (Wildman–Crippen MR) is 116 cm³/mol. The molecule has 3 heterocycles. The van der Waals surface area contributed by atoms with Crippen LogP contribution in [0.25, 0.3) is 5.69 Å². The topological polar surface area (TPSA) is 61.6 Å². The molecule has 0 radical (unpaired) electrons. The summed E-state index contributed by atoms with van der Waals surface area (Å²) in [7, 11) is 0. The first-order valence-corrected chi connectivity index (χ1v) is 11.1. The fourth-order valence-electron chi connectivity index (χ4n) is 3.57. The van der Waals surface area contributed by atoms with Gasteiger partial charge >= 0.3 is 0 Å². The van der Waals surface area contributed by atoms with Gasteiger partial charge in [-0.1, -0.05) is 35.5 Å². The third-order valence-corrected chi connectivity index (χ3v) is 6.31. The molecule has 9 heteroatoms. The van der Waals surface area contributed by atoms with Gasteiger partial charge in [-0.2, -0.15) is 0 Å². The van der Waals surface area contributed by atoms with E-state index >= 15 is 0 Å². The highest BCUT2D eigenvalue weighted by Gasteiger charge is 2.23. The molecule has 0 atom stereocenters. The molecule has 2 aromatic carbocycles. The fraction of sp³-hybridized carbons (Fsp3) is 0.333. The number of benzene rings is 2. The second-order valence-corrected chi connectivity index (χ2v) is 8.51. The highest BCUT2D eigenvalue weighted by Crippen LogP contribution is 2.41. The predicted octanol–water partition coefficient (Wildman–Crippen LogP) is 4.09. The number of aryl methyl sites for hydroxylation is 1. The third-order valence-electron chi connectivity index (χ3n) is 5.02. The number of anilines is 1. The van der Waals surface area contributed by atoms with Crippen molar-refractivity contribution in [1.82, 2.24) is 14.8 Å². The number of thioether (sulfide) groups is 1. The molecule has 0 aliphatic carbocycles. The molecule has 1 saturated heterocycles. The van der Waals surface area contributed by atoms with Crippen LogP contribution in [-0.2, 0) is 10.5 Å². The molecule has 30 heavy (non-hydrogen) atoms. The van der Waals surface area contributed by atoms with Gasteiger partial charge in [0, 0.05) is 18.8 Å². The Kier molecular flexibility index (Phi) is 5.45. The maximum atomic E-state index is 6.34. The number of hydrogen-bond donors (Lipinski definition) is 0. The van der Waals surface area contributed by atoms with Crippen molar-refractivity contribution in [3.63, 3.8) is 0 Å². The summed E-state index contributed by atoms with van der Waals surface area (Å²) < 4.78 is 18.5. The van der Waals surface area contributed by atoms with E-state index in [1.54, 1.807) is 11.8 Å². The van der Waals surface area contributed by atoms with Crippen LogP contribution >= 0.6 is 23.4 Å². The number of aromatic nitrogens is 3. The second kappa shape index (κ2) is 8.37. The van der Waals surface area contributed by atoms with E-state index in [-0.39, 0.29) is 6.79 Å². The summed E-state index contributed by atoms with van der Waals surface area (Å²) in [6.45, 7) is 5.27. The van der Waals surface area contributed by atoms with Crippen LogP contribution in [0.5, 0.6) is 11.5 Å². The summed E-state index contributed by atoms with van der Waals surface area (Å²) in [6.07, 6.45) is 0. The lowest BCUT2D eigenvalue weighted by Crippen LogP contribution is -2.37. The standard InChI is InChI=1S/C21H21ClN4O3S/c1-14-3-2-4-16(9-14)26-20(25-5-7-27-8-6-25)23-24-21(26)30-12-15-10-17(22)19-18(11-15)28-13-29-19/h2-4,9-11H,5-8,12-13H2,1H3. The Morgan fingerprint density at radius 3 is 2.80 bits per heavy atom. The molecule has 0 N–H and O–H groups in total. The van der Waals surface area contributed by atoms with Crippen molar-refractivity contribution >= 4 is 29.3 Å². The smallest absolute Gasteiger partial charge is 0.232 e. The lowest BCUT2D eigenvalue weighted by molar-refractivity contribution is 0.122. The third kappa shape index (κ3) is 3.82. The molecule has 2 aliphatic rings. The lowest BCUT2D eigenvalue weighted by atomic mass is 10.2. The van der Waals surface area contributed by atoms with Crippen LogP contribution in [0.15, 0.2) is 41.6 Å². The Labute approximate surface area is 183 Å². The molecule has 1 fully saturated rings. The van der Waals surface area contributed by atoms with Gasteiger partial charge in [0.1, 0.15) is 0 Å². The van der Waals surface area contributed by atoms with Crippen LogP contribution in [0.3, 0.4) is 0 Å². The Morgan fingerprint density at radius 1 is 1.10 bits per heavy atom. The van der Waals surface area contributed by atoms with E-state index in [2.05, 4.69) is 50.9 Å². The highest BCUT2D eigenvalue weighted by molar-refractivity contribution is 7.98. The highest BCUT2D eigenvalue weighted by atomic mass is 35.5. The van der Waals surface area contributed by atoms with Gasteiger partial charge in [-0.3, -0.25) is 4.57 Å². The minimum atomic E-state index is 0.205. The number of nitrogens with zero attached hydrogens (tertiary/aromatic N) is 4. The minimum absolute atomic E-state index is 0.205. The van der Waals surface area contributed by atoms with E-state index in [0.29, 0.717) is 35.5 Å². The average Bonchev–Trinajstić information content (AvgIpc) is 3.40. The maximum Gasteiger partial charge on any atom is 0.232 e. The van der Waals surface area contributed by atoms with Crippen LogP contribution in [-0.4, -0.2) is 47.9 Å². The van der Waals surface area contributed by atoms with Crippen LogP contribution in [0.4, 0.5) is 5.95 Å². The van der Waals surface area contributed by atoms with Crippen molar-refractivity contribution in [2.24, 2.45) is 0 Å². The van der Waals surface area contributed by atoms with Gasteiger partial charge in [0.15, 0.2) is 16.7 Å². The molecule has 0 bridgehead atoms. The van der Waals surface area contributed by atoms with Gasteiger partial charge < -0.3 is 19.1 Å². The summed E-state index contributed by atoms with van der Waals surface area (Å²) in [4.78, 5) is 2.22. The number of hydrogen-bond acceptors (Lipinski definition) is 7. The van der Waals surface area contributed by atoms with Crippen LogP contribution < -0.4 is 14.4 Å². The van der Waals surface area contributed by atoms with Crippen molar-refractivity contribution in [1.29, 1.82) is 0 Å². The molecule has 0 amide bonds. The van der Waals surface area contributed by atoms with Crippen molar-refractivity contribution < 1.29 is 14.2 Å². The molecule has 0 saturated carbocycles. The van der Waals surface area contributed by atoms with Crippen molar-refractivity contribution in [2.75, 3.05) is 38.0 Å². The molecule has 5 rings (SSSR count). The first-order chi connectivity index (χ1) is 14.7.